The zero-order valence-electron chi connectivity index (χ0n) is 20.0. The number of ether oxygens (including phenoxy) is 3. The normalized spacial score (nSPS) is 14.0. The average molecular weight is 543 g/mol. The second kappa shape index (κ2) is 10.5. The largest absolute Gasteiger partial charge is 0.496 e. The number of rotatable bonds is 8. The Hall–Kier alpha value is -4.03. The lowest BCUT2D eigenvalue weighted by molar-refractivity contribution is -0.385. The van der Waals surface area contributed by atoms with Gasteiger partial charge in [0.05, 0.1) is 53.1 Å². The van der Waals surface area contributed by atoms with E-state index in [-0.39, 0.29) is 27.0 Å². The van der Waals surface area contributed by atoms with Gasteiger partial charge in [-0.3, -0.25) is 14.9 Å². The van der Waals surface area contributed by atoms with Gasteiger partial charge in [-0.15, -0.1) is 0 Å². The monoisotopic (exact) mass is 542 g/mol. The summed E-state index contributed by atoms with van der Waals surface area (Å²) in [4.78, 5) is 24.3. The molecule has 4 rings (SSSR count). The van der Waals surface area contributed by atoms with E-state index in [1.54, 1.807) is 24.3 Å². The maximum Gasteiger partial charge on any atom is 0.311 e. The van der Waals surface area contributed by atoms with Crippen LogP contribution in [-0.4, -0.2) is 40.6 Å². The third kappa shape index (κ3) is 5.39. The number of fused-ring (bicyclic) bond motifs is 1. The Balaban J connectivity index is 1.67. The van der Waals surface area contributed by atoms with Crippen molar-refractivity contribution in [2.45, 2.75) is 15.5 Å². The Morgan fingerprint density at radius 3 is 2.27 bits per heavy atom. The number of carbonyl (C=O) groups excluding carboxylic acids is 1. The van der Waals surface area contributed by atoms with E-state index in [9.17, 15) is 23.3 Å². The maximum atomic E-state index is 13.3. The van der Waals surface area contributed by atoms with E-state index in [4.69, 9.17) is 14.2 Å². The molecule has 0 spiro atoms. The van der Waals surface area contributed by atoms with E-state index in [2.05, 4.69) is 5.32 Å². The Morgan fingerprint density at radius 1 is 0.973 bits per heavy atom. The van der Waals surface area contributed by atoms with Gasteiger partial charge in [-0.25, -0.2) is 8.42 Å². The van der Waals surface area contributed by atoms with Crippen LogP contribution in [0.3, 0.4) is 0 Å². The predicted octanol–water partition coefficient (Wildman–Crippen LogP) is 4.68. The number of methoxy groups -OCH3 is 3. The van der Waals surface area contributed by atoms with Crippen LogP contribution in [0.1, 0.15) is 11.1 Å². The van der Waals surface area contributed by atoms with Crippen molar-refractivity contribution in [2.75, 3.05) is 26.6 Å². The summed E-state index contributed by atoms with van der Waals surface area (Å²) in [6.07, 6.45) is 1.50. The molecule has 1 N–H and O–H groups in total. The number of nitro benzene ring substituents is 1. The zero-order chi connectivity index (χ0) is 26.7. The van der Waals surface area contributed by atoms with Crippen LogP contribution in [0.15, 0.2) is 69.3 Å². The van der Waals surface area contributed by atoms with Crippen molar-refractivity contribution in [3.63, 3.8) is 0 Å². The van der Waals surface area contributed by atoms with E-state index < -0.39 is 20.7 Å². The highest BCUT2D eigenvalue weighted by atomic mass is 32.2. The van der Waals surface area contributed by atoms with Gasteiger partial charge >= 0.3 is 5.69 Å². The van der Waals surface area contributed by atoms with Crippen molar-refractivity contribution in [1.29, 1.82) is 0 Å². The maximum absolute atomic E-state index is 13.3. The molecule has 3 aromatic rings. The fraction of sp³-hybridized carbons (Fsp3) is 0.160. The summed E-state index contributed by atoms with van der Waals surface area (Å²) in [5, 5.41) is 14.1. The molecule has 0 aromatic heterocycles. The number of carbonyl (C=O) groups is 1. The van der Waals surface area contributed by atoms with Crippen molar-refractivity contribution in [2.24, 2.45) is 0 Å². The molecule has 1 aliphatic heterocycles. The molecule has 0 saturated heterocycles. The Kier molecular flexibility index (Phi) is 7.41. The molecular weight excluding hydrogens is 520 g/mol. The quantitative estimate of drug-likeness (QED) is 0.245. The number of anilines is 1. The predicted molar refractivity (Wildman–Crippen MR) is 139 cm³/mol. The molecule has 3 aromatic carbocycles. The first-order chi connectivity index (χ1) is 17.7. The Bertz CT molecular complexity index is 1510. The number of thioether (sulfide) groups is 1. The van der Waals surface area contributed by atoms with Crippen molar-refractivity contribution in [3.8, 4) is 17.2 Å². The first-order valence-corrected chi connectivity index (χ1v) is 13.2. The van der Waals surface area contributed by atoms with Crippen molar-refractivity contribution in [3.05, 3.63) is 80.7 Å². The molecule has 37 heavy (non-hydrogen) atoms. The third-order valence-electron chi connectivity index (χ3n) is 5.57. The minimum atomic E-state index is -3.82. The molecule has 0 fully saturated rings. The SMILES string of the molecule is COc1ccc(C=C2Sc3cc(S(=O)(=O)Cc4c(OC)cccc4OC)ccc3NC2=O)cc1[N+](=O)[O-]. The van der Waals surface area contributed by atoms with E-state index in [0.29, 0.717) is 33.2 Å². The average Bonchev–Trinajstić information content (AvgIpc) is 2.88. The second-order valence-corrected chi connectivity index (χ2v) is 10.9. The van der Waals surface area contributed by atoms with Crippen molar-refractivity contribution < 1.29 is 32.3 Å². The number of hydrogen-bond acceptors (Lipinski definition) is 9. The highest BCUT2D eigenvalue weighted by Gasteiger charge is 2.26. The molecule has 1 heterocycles. The Morgan fingerprint density at radius 2 is 1.65 bits per heavy atom. The number of benzene rings is 3. The molecule has 1 amide bonds. The van der Waals surface area contributed by atoms with Crippen molar-refractivity contribution in [1.82, 2.24) is 0 Å². The minimum Gasteiger partial charge on any atom is -0.496 e. The molecule has 0 atom stereocenters. The lowest BCUT2D eigenvalue weighted by Crippen LogP contribution is -2.18. The number of nitro groups is 1. The standard InChI is InChI=1S/C25H22N2O8S2/c1-33-20-5-4-6-21(34-2)17(20)14-37(31,32)16-8-9-18-23(13-16)36-24(25(28)26-18)12-15-7-10-22(35-3)19(11-15)27(29)30/h4-13H,14H2,1-3H3,(H,26,28). The number of sulfone groups is 1. The molecule has 192 valence electrons. The smallest absolute Gasteiger partial charge is 0.311 e. The minimum absolute atomic E-state index is 0.0577. The molecule has 0 aliphatic carbocycles. The topological polar surface area (TPSA) is 134 Å². The van der Waals surface area contributed by atoms with E-state index in [1.165, 1.54) is 57.7 Å². The molecule has 0 bridgehead atoms. The second-order valence-electron chi connectivity index (χ2n) is 7.81. The summed E-state index contributed by atoms with van der Waals surface area (Å²) < 4.78 is 42.3. The highest BCUT2D eigenvalue weighted by molar-refractivity contribution is 8.04. The van der Waals surface area contributed by atoms with Gasteiger partial charge in [0.15, 0.2) is 15.6 Å². The molecule has 0 saturated carbocycles. The van der Waals surface area contributed by atoms with Gasteiger partial charge < -0.3 is 19.5 Å². The van der Waals surface area contributed by atoms with Crippen LogP contribution < -0.4 is 19.5 Å². The third-order valence-corrected chi connectivity index (χ3v) is 8.29. The van der Waals surface area contributed by atoms with Crippen LogP contribution >= 0.6 is 11.8 Å². The summed E-state index contributed by atoms with van der Waals surface area (Å²) in [5.74, 6) is 0.113. The molecule has 0 unspecified atom stereocenters. The summed E-state index contributed by atoms with van der Waals surface area (Å²) in [5.41, 5.74) is 1.04. The van der Waals surface area contributed by atoms with Crippen molar-refractivity contribution >= 4 is 45.0 Å². The highest BCUT2D eigenvalue weighted by Crippen LogP contribution is 2.41. The summed E-state index contributed by atoms with van der Waals surface area (Å²) >= 11 is 1.07. The fourth-order valence-electron chi connectivity index (χ4n) is 3.76. The van der Waals surface area contributed by atoms with E-state index in [0.717, 1.165) is 11.8 Å². The number of nitrogens with one attached hydrogen (secondary N) is 1. The van der Waals surface area contributed by atoms with Crippen LogP contribution in [0.2, 0.25) is 0 Å². The van der Waals surface area contributed by atoms with Gasteiger partial charge in [0.2, 0.25) is 0 Å². The lowest BCUT2D eigenvalue weighted by atomic mass is 10.1. The molecular formula is C25H22N2O8S2. The van der Waals surface area contributed by atoms with Gasteiger partial charge in [-0.05, 0) is 48.0 Å². The van der Waals surface area contributed by atoms with Crippen LogP contribution in [0.25, 0.3) is 6.08 Å². The lowest BCUT2D eigenvalue weighted by Gasteiger charge is -2.20. The van der Waals surface area contributed by atoms with Gasteiger partial charge in [0.1, 0.15) is 11.5 Å². The van der Waals surface area contributed by atoms with Crippen LogP contribution in [-0.2, 0) is 20.4 Å². The van der Waals surface area contributed by atoms with Gasteiger partial charge in [-0.1, -0.05) is 23.9 Å². The zero-order valence-corrected chi connectivity index (χ0v) is 21.6. The summed E-state index contributed by atoms with van der Waals surface area (Å²) in [6, 6.07) is 13.8. The number of nitrogens with zero attached hydrogens (tertiary/aromatic N) is 1. The summed E-state index contributed by atoms with van der Waals surface area (Å²) in [6.45, 7) is 0. The molecule has 12 heteroatoms. The van der Waals surface area contributed by atoms with Crippen LogP contribution in [0.4, 0.5) is 11.4 Å². The van der Waals surface area contributed by atoms with Gasteiger partial charge in [0, 0.05) is 11.0 Å². The molecule has 10 nitrogen and oxygen atoms in total. The summed E-state index contributed by atoms with van der Waals surface area (Å²) in [7, 11) is 0.417. The molecule has 0 radical (unpaired) electrons. The van der Waals surface area contributed by atoms with E-state index >= 15 is 0 Å². The van der Waals surface area contributed by atoms with Crippen LogP contribution in [0, 0.1) is 10.1 Å². The van der Waals surface area contributed by atoms with Gasteiger partial charge in [-0.2, -0.15) is 0 Å². The van der Waals surface area contributed by atoms with Gasteiger partial charge in [0.25, 0.3) is 5.91 Å². The first kappa shape index (κ1) is 26.0. The first-order valence-electron chi connectivity index (χ1n) is 10.8. The number of hydrogen-bond donors (Lipinski definition) is 1. The fourth-order valence-corrected chi connectivity index (χ4v) is 6.23. The van der Waals surface area contributed by atoms with Crippen LogP contribution in [0.5, 0.6) is 17.2 Å². The Labute approximate surface area is 217 Å². The van der Waals surface area contributed by atoms with E-state index in [1.807, 2.05) is 0 Å². The number of amides is 1. The molecule has 1 aliphatic rings.